The predicted molar refractivity (Wildman–Crippen MR) is 67.0 cm³/mol. The summed E-state index contributed by atoms with van der Waals surface area (Å²) in [6.45, 7) is 1.10. The maximum atomic E-state index is 13.2. The van der Waals surface area contributed by atoms with Crippen LogP contribution in [0.1, 0.15) is 11.3 Å². The predicted octanol–water partition coefficient (Wildman–Crippen LogP) is 1.58. The highest BCUT2D eigenvalue weighted by atomic mass is 19.1. The molecule has 0 radical (unpaired) electrons. The monoisotopic (exact) mass is 249 g/mol. The molecule has 2 aromatic rings. The molecule has 0 saturated carbocycles. The molecule has 0 fully saturated rings. The molecule has 0 aliphatic carbocycles. The first-order valence-electron chi connectivity index (χ1n) is 5.76. The van der Waals surface area contributed by atoms with Crippen molar-refractivity contribution >= 4 is 0 Å². The van der Waals surface area contributed by atoms with E-state index in [1.54, 1.807) is 19.5 Å². The molecule has 0 bridgehead atoms. The van der Waals surface area contributed by atoms with Gasteiger partial charge in [0.1, 0.15) is 11.6 Å². The third-order valence-corrected chi connectivity index (χ3v) is 2.68. The first-order valence-corrected chi connectivity index (χ1v) is 5.76. The molecular weight excluding hydrogens is 233 g/mol. The van der Waals surface area contributed by atoms with Crippen LogP contribution in [-0.2, 0) is 13.0 Å². The molecule has 0 aliphatic heterocycles. The van der Waals surface area contributed by atoms with Crippen LogP contribution in [-0.4, -0.2) is 23.2 Å². The van der Waals surface area contributed by atoms with Gasteiger partial charge >= 0.3 is 0 Å². The zero-order valence-electron chi connectivity index (χ0n) is 10.3. The van der Waals surface area contributed by atoms with Crippen LogP contribution in [0.2, 0.25) is 0 Å². The van der Waals surface area contributed by atoms with Crippen molar-refractivity contribution in [3.8, 4) is 5.75 Å². The summed E-state index contributed by atoms with van der Waals surface area (Å²) in [7, 11) is 1.57. The number of ether oxygens (including phenoxy) is 1. The third kappa shape index (κ3) is 2.87. The molecule has 2 rings (SSSR count). The highest BCUT2D eigenvalue weighted by Gasteiger charge is 2.06. The van der Waals surface area contributed by atoms with Crippen LogP contribution in [0, 0.1) is 5.82 Å². The summed E-state index contributed by atoms with van der Waals surface area (Å²) >= 11 is 0. The Kier molecular flexibility index (Phi) is 3.94. The van der Waals surface area contributed by atoms with Gasteiger partial charge < -0.3 is 15.0 Å². The van der Waals surface area contributed by atoms with Crippen molar-refractivity contribution in [1.29, 1.82) is 0 Å². The number of benzene rings is 1. The smallest absolute Gasteiger partial charge is 0.124 e. The molecule has 96 valence electrons. The maximum absolute atomic E-state index is 13.2. The van der Waals surface area contributed by atoms with Crippen molar-refractivity contribution < 1.29 is 9.13 Å². The Morgan fingerprint density at radius 2 is 2.28 bits per heavy atom. The molecule has 1 aromatic heterocycles. The first kappa shape index (κ1) is 12.6. The Morgan fingerprint density at radius 1 is 1.44 bits per heavy atom. The van der Waals surface area contributed by atoms with Crippen molar-refractivity contribution in [3.05, 3.63) is 47.8 Å². The normalized spacial score (nSPS) is 10.6. The van der Waals surface area contributed by atoms with E-state index >= 15 is 0 Å². The van der Waals surface area contributed by atoms with E-state index in [2.05, 4.69) is 4.98 Å². The lowest BCUT2D eigenvalue weighted by Gasteiger charge is -2.08. The number of hydrogen-bond acceptors (Lipinski definition) is 3. The van der Waals surface area contributed by atoms with Crippen molar-refractivity contribution in [1.82, 2.24) is 9.55 Å². The minimum absolute atomic E-state index is 0.270. The lowest BCUT2D eigenvalue weighted by molar-refractivity contribution is 0.407. The van der Waals surface area contributed by atoms with Crippen LogP contribution in [0.5, 0.6) is 5.75 Å². The van der Waals surface area contributed by atoms with Gasteiger partial charge in [-0.2, -0.15) is 0 Å². The Hall–Kier alpha value is -1.88. The average molecular weight is 249 g/mol. The standard InChI is InChI=1S/C13H16FN3O/c1-18-13-3-2-11(14)6-10(13)7-17-8-12(4-5-15)16-9-17/h2-3,6,8-9H,4-5,7,15H2,1H3. The second kappa shape index (κ2) is 5.64. The van der Waals surface area contributed by atoms with Crippen molar-refractivity contribution in [2.45, 2.75) is 13.0 Å². The molecule has 18 heavy (non-hydrogen) atoms. The van der Waals surface area contributed by atoms with E-state index < -0.39 is 0 Å². The molecular formula is C13H16FN3O. The average Bonchev–Trinajstić information content (AvgIpc) is 2.77. The number of halogens is 1. The van der Waals surface area contributed by atoms with E-state index in [1.165, 1.54) is 12.1 Å². The van der Waals surface area contributed by atoms with Gasteiger partial charge in [-0.25, -0.2) is 9.37 Å². The Bertz CT molecular complexity index is 525. The molecule has 0 saturated heterocycles. The summed E-state index contributed by atoms with van der Waals surface area (Å²) in [4.78, 5) is 4.23. The zero-order chi connectivity index (χ0) is 13.0. The molecule has 0 unspecified atom stereocenters. The maximum Gasteiger partial charge on any atom is 0.124 e. The van der Waals surface area contributed by atoms with Gasteiger partial charge in [-0.15, -0.1) is 0 Å². The van der Waals surface area contributed by atoms with Crippen LogP contribution in [0.15, 0.2) is 30.7 Å². The molecule has 0 spiro atoms. The molecule has 0 atom stereocenters. The number of nitrogens with two attached hydrogens (primary N) is 1. The fourth-order valence-corrected chi connectivity index (χ4v) is 1.84. The minimum Gasteiger partial charge on any atom is -0.496 e. The van der Waals surface area contributed by atoms with E-state index in [0.29, 0.717) is 18.8 Å². The SMILES string of the molecule is COc1ccc(F)cc1Cn1cnc(CCN)c1. The summed E-state index contributed by atoms with van der Waals surface area (Å²) in [5, 5.41) is 0. The Labute approximate surface area is 105 Å². The van der Waals surface area contributed by atoms with Gasteiger partial charge in [0, 0.05) is 18.2 Å². The van der Waals surface area contributed by atoms with Crippen molar-refractivity contribution in [2.24, 2.45) is 5.73 Å². The van der Waals surface area contributed by atoms with Crippen LogP contribution >= 0.6 is 0 Å². The number of aromatic nitrogens is 2. The molecule has 1 heterocycles. The number of rotatable bonds is 5. The van der Waals surface area contributed by atoms with Crippen LogP contribution in [0.3, 0.4) is 0 Å². The topological polar surface area (TPSA) is 53.1 Å². The van der Waals surface area contributed by atoms with E-state index in [-0.39, 0.29) is 5.82 Å². The summed E-state index contributed by atoms with van der Waals surface area (Å²) in [6, 6.07) is 4.49. The number of methoxy groups -OCH3 is 1. The van der Waals surface area contributed by atoms with Gasteiger partial charge in [0.25, 0.3) is 0 Å². The molecule has 0 aliphatic rings. The van der Waals surface area contributed by atoms with Gasteiger partial charge in [-0.05, 0) is 24.7 Å². The van der Waals surface area contributed by atoms with Gasteiger partial charge in [-0.3, -0.25) is 0 Å². The number of imidazole rings is 1. The van der Waals surface area contributed by atoms with Crippen LogP contribution < -0.4 is 10.5 Å². The molecule has 0 amide bonds. The fraction of sp³-hybridized carbons (Fsp3) is 0.308. The Morgan fingerprint density at radius 3 is 3.00 bits per heavy atom. The molecule has 5 heteroatoms. The lowest BCUT2D eigenvalue weighted by atomic mass is 10.2. The largest absolute Gasteiger partial charge is 0.496 e. The minimum atomic E-state index is -0.270. The fourth-order valence-electron chi connectivity index (χ4n) is 1.84. The third-order valence-electron chi connectivity index (χ3n) is 2.68. The van der Waals surface area contributed by atoms with Crippen LogP contribution in [0.25, 0.3) is 0 Å². The molecule has 4 nitrogen and oxygen atoms in total. The zero-order valence-corrected chi connectivity index (χ0v) is 10.3. The number of nitrogens with zero attached hydrogens (tertiary/aromatic N) is 2. The van der Waals surface area contributed by atoms with E-state index in [4.69, 9.17) is 10.5 Å². The van der Waals surface area contributed by atoms with E-state index in [9.17, 15) is 4.39 Å². The lowest BCUT2D eigenvalue weighted by Crippen LogP contribution is -2.03. The highest BCUT2D eigenvalue weighted by Crippen LogP contribution is 2.20. The second-order valence-corrected chi connectivity index (χ2v) is 4.03. The molecule has 2 N–H and O–H groups in total. The van der Waals surface area contributed by atoms with Crippen molar-refractivity contribution in [2.75, 3.05) is 13.7 Å². The quantitative estimate of drug-likeness (QED) is 0.875. The van der Waals surface area contributed by atoms with Gasteiger partial charge in [-0.1, -0.05) is 0 Å². The van der Waals surface area contributed by atoms with Crippen molar-refractivity contribution in [3.63, 3.8) is 0 Å². The second-order valence-electron chi connectivity index (χ2n) is 4.03. The molecule has 1 aromatic carbocycles. The highest BCUT2D eigenvalue weighted by molar-refractivity contribution is 5.34. The Balaban J connectivity index is 2.19. The van der Waals surface area contributed by atoms with Crippen LogP contribution in [0.4, 0.5) is 4.39 Å². The van der Waals surface area contributed by atoms with Gasteiger partial charge in [0.2, 0.25) is 0 Å². The summed E-state index contributed by atoms with van der Waals surface area (Å²) in [5.41, 5.74) is 7.19. The first-order chi connectivity index (χ1) is 8.72. The van der Waals surface area contributed by atoms with E-state index in [0.717, 1.165) is 17.7 Å². The number of hydrogen-bond donors (Lipinski definition) is 1. The van der Waals surface area contributed by atoms with Gasteiger partial charge in [0.05, 0.1) is 25.7 Å². The summed E-state index contributed by atoms with van der Waals surface area (Å²) in [5.74, 6) is 0.401. The summed E-state index contributed by atoms with van der Waals surface area (Å²) in [6.07, 6.45) is 4.37. The van der Waals surface area contributed by atoms with Gasteiger partial charge in [0.15, 0.2) is 0 Å². The van der Waals surface area contributed by atoms with E-state index in [1.807, 2.05) is 10.8 Å². The summed E-state index contributed by atoms with van der Waals surface area (Å²) < 4.78 is 20.3.